The maximum absolute atomic E-state index is 12.3. The van der Waals surface area contributed by atoms with Gasteiger partial charge >= 0.3 is 11.8 Å². The summed E-state index contributed by atoms with van der Waals surface area (Å²) in [5, 5.41) is 9.37. The van der Waals surface area contributed by atoms with Crippen LogP contribution in [0.2, 0.25) is 5.02 Å². The van der Waals surface area contributed by atoms with Crippen LogP contribution in [-0.4, -0.2) is 17.6 Å². The lowest BCUT2D eigenvalue weighted by Crippen LogP contribution is -2.39. The highest BCUT2D eigenvalue weighted by atomic mass is 35.5. The Hall–Kier alpha value is -2.48. The lowest BCUT2D eigenvalue weighted by atomic mass is 10.2. The summed E-state index contributed by atoms with van der Waals surface area (Å²) < 4.78 is 0. The lowest BCUT2D eigenvalue weighted by molar-refractivity contribution is -0.139. The zero-order chi connectivity index (χ0) is 19.2. The fourth-order valence-corrected chi connectivity index (χ4v) is 3.91. The molecule has 0 spiro atoms. The molecule has 27 heavy (non-hydrogen) atoms. The molecule has 0 saturated carbocycles. The Kier molecular flexibility index (Phi) is 6.39. The molecule has 8 heteroatoms. The zero-order valence-electron chi connectivity index (χ0n) is 14.0. The number of nitrogens with one attached hydrogen (secondary N) is 2. The predicted octanol–water partition coefficient (Wildman–Crippen LogP) is 3.63. The van der Waals surface area contributed by atoms with Gasteiger partial charge in [-0.2, -0.15) is 11.3 Å². The van der Waals surface area contributed by atoms with Crippen LogP contribution in [0.1, 0.15) is 25.7 Å². The van der Waals surface area contributed by atoms with Crippen molar-refractivity contribution >= 4 is 51.9 Å². The van der Waals surface area contributed by atoms with E-state index in [4.69, 9.17) is 11.6 Å². The van der Waals surface area contributed by atoms with E-state index in [0.717, 1.165) is 10.4 Å². The van der Waals surface area contributed by atoms with Gasteiger partial charge in [-0.05, 0) is 41.3 Å². The highest BCUT2D eigenvalue weighted by Gasteiger charge is 2.15. The van der Waals surface area contributed by atoms with Crippen molar-refractivity contribution in [3.63, 3.8) is 0 Å². The van der Waals surface area contributed by atoms with E-state index in [-0.39, 0.29) is 18.9 Å². The fraction of sp³-hybridized carbons (Fsp3) is 0.105. The Morgan fingerprint density at radius 2 is 1.59 bits per heavy atom. The van der Waals surface area contributed by atoms with Crippen LogP contribution < -0.4 is 10.6 Å². The molecule has 0 unspecified atom stereocenters. The Balaban J connectivity index is 1.48. The molecule has 2 heterocycles. The third-order valence-corrected chi connectivity index (χ3v) is 5.68. The topological polar surface area (TPSA) is 75.3 Å². The second kappa shape index (κ2) is 8.94. The van der Waals surface area contributed by atoms with Gasteiger partial charge in [-0.25, -0.2) is 0 Å². The summed E-state index contributed by atoms with van der Waals surface area (Å²) in [6, 6.07) is 12.3. The standard InChI is InChI=1S/C19H15ClN2O3S2/c20-14-3-1-12(2-4-14)9-21-18(24)19(25)22-10-15-5-6-16(27-15)17(23)13-7-8-26-11-13/h1-8,11H,9-10H2,(H,21,24)(H,22,25). The Morgan fingerprint density at radius 1 is 0.889 bits per heavy atom. The largest absolute Gasteiger partial charge is 0.344 e. The number of ketones is 1. The second-order valence-corrected chi connectivity index (χ2v) is 7.98. The van der Waals surface area contributed by atoms with Gasteiger partial charge in [0.15, 0.2) is 0 Å². The number of hydrogen-bond acceptors (Lipinski definition) is 5. The van der Waals surface area contributed by atoms with Gasteiger partial charge in [-0.1, -0.05) is 23.7 Å². The van der Waals surface area contributed by atoms with Crippen LogP contribution in [0.3, 0.4) is 0 Å². The molecule has 3 aromatic rings. The molecule has 0 fully saturated rings. The Labute approximate surface area is 169 Å². The van der Waals surface area contributed by atoms with E-state index in [1.165, 1.54) is 22.7 Å². The van der Waals surface area contributed by atoms with Crippen LogP contribution >= 0.6 is 34.3 Å². The van der Waals surface area contributed by atoms with E-state index < -0.39 is 11.8 Å². The summed E-state index contributed by atoms with van der Waals surface area (Å²) in [5.74, 6) is -1.47. The van der Waals surface area contributed by atoms with Crippen molar-refractivity contribution in [2.75, 3.05) is 0 Å². The summed E-state index contributed by atoms with van der Waals surface area (Å²) >= 11 is 8.57. The molecular weight excluding hydrogens is 404 g/mol. The van der Waals surface area contributed by atoms with Crippen LogP contribution in [0.5, 0.6) is 0 Å². The summed E-state index contributed by atoms with van der Waals surface area (Å²) in [7, 11) is 0. The molecule has 2 N–H and O–H groups in total. The third kappa shape index (κ3) is 5.26. The van der Waals surface area contributed by atoms with Crippen molar-refractivity contribution < 1.29 is 14.4 Å². The molecule has 3 rings (SSSR count). The third-order valence-electron chi connectivity index (χ3n) is 3.66. The molecule has 2 aromatic heterocycles. The van der Waals surface area contributed by atoms with Crippen LogP contribution in [0.15, 0.2) is 53.2 Å². The van der Waals surface area contributed by atoms with Crippen molar-refractivity contribution in [2.24, 2.45) is 0 Å². The molecule has 0 aliphatic rings. The Morgan fingerprint density at radius 3 is 2.26 bits per heavy atom. The van der Waals surface area contributed by atoms with Crippen LogP contribution in [0.25, 0.3) is 0 Å². The first kappa shape index (κ1) is 19.3. The average Bonchev–Trinajstić information content (AvgIpc) is 3.37. The Bertz CT molecular complexity index is 950. The molecule has 138 valence electrons. The maximum atomic E-state index is 12.3. The van der Waals surface area contributed by atoms with Gasteiger partial charge in [0.1, 0.15) is 0 Å². The number of thiophene rings is 2. The molecule has 0 radical (unpaired) electrons. The average molecular weight is 419 g/mol. The quantitative estimate of drug-likeness (QED) is 0.474. The van der Waals surface area contributed by atoms with Crippen molar-refractivity contribution in [2.45, 2.75) is 13.1 Å². The summed E-state index contributed by atoms with van der Waals surface area (Å²) in [4.78, 5) is 37.5. The summed E-state index contributed by atoms with van der Waals surface area (Å²) in [5.41, 5.74) is 1.49. The summed E-state index contributed by atoms with van der Waals surface area (Å²) in [6.07, 6.45) is 0. The van der Waals surface area contributed by atoms with Crippen LogP contribution in [0.4, 0.5) is 0 Å². The molecule has 0 saturated heterocycles. The van der Waals surface area contributed by atoms with Gasteiger partial charge < -0.3 is 10.6 Å². The number of hydrogen-bond donors (Lipinski definition) is 2. The lowest BCUT2D eigenvalue weighted by Gasteiger charge is -2.06. The van der Waals surface area contributed by atoms with Crippen molar-refractivity contribution in [3.05, 3.63) is 79.1 Å². The van der Waals surface area contributed by atoms with E-state index >= 15 is 0 Å². The fourth-order valence-electron chi connectivity index (χ4n) is 2.24. The predicted molar refractivity (Wildman–Crippen MR) is 107 cm³/mol. The molecule has 0 aliphatic heterocycles. The molecular formula is C19H15ClN2O3S2. The number of rotatable bonds is 6. The molecule has 0 aliphatic carbocycles. The maximum Gasteiger partial charge on any atom is 0.309 e. The minimum atomic E-state index is -0.719. The first-order valence-corrected chi connectivity index (χ1v) is 10.1. The molecule has 5 nitrogen and oxygen atoms in total. The SMILES string of the molecule is O=C(NCc1ccc(Cl)cc1)C(=O)NCc1ccc(C(=O)c2ccsc2)s1. The molecule has 0 atom stereocenters. The number of halogens is 1. The number of carbonyl (C=O) groups is 3. The number of amides is 2. The second-order valence-electron chi connectivity index (χ2n) is 5.60. The van der Waals surface area contributed by atoms with Crippen LogP contribution in [-0.2, 0) is 22.7 Å². The number of benzene rings is 1. The first-order chi connectivity index (χ1) is 13.0. The van der Waals surface area contributed by atoms with Gasteiger partial charge in [0.25, 0.3) is 0 Å². The van der Waals surface area contributed by atoms with Gasteiger partial charge in [0, 0.05) is 27.4 Å². The summed E-state index contributed by atoms with van der Waals surface area (Å²) in [6.45, 7) is 0.427. The molecule has 1 aromatic carbocycles. The normalized spacial score (nSPS) is 10.4. The van der Waals surface area contributed by atoms with Crippen LogP contribution in [0, 0.1) is 0 Å². The van der Waals surface area contributed by atoms with E-state index in [1.807, 2.05) is 5.38 Å². The zero-order valence-corrected chi connectivity index (χ0v) is 16.4. The number of carbonyl (C=O) groups excluding carboxylic acids is 3. The van der Waals surface area contributed by atoms with E-state index in [0.29, 0.717) is 15.5 Å². The molecule has 2 amide bonds. The molecule has 0 bridgehead atoms. The van der Waals surface area contributed by atoms with E-state index in [2.05, 4.69) is 10.6 Å². The monoisotopic (exact) mass is 418 g/mol. The highest BCUT2D eigenvalue weighted by Crippen LogP contribution is 2.21. The minimum absolute atomic E-state index is 0.0421. The highest BCUT2D eigenvalue weighted by molar-refractivity contribution is 7.14. The van der Waals surface area contributed by atoms with Crippen molar-refractivity contribution in [1.82, 2.24) is 10.6 Å². The van der Waals surface area contributed by atoms with Gasteiger partial charge in [0.2, 0.25) is 5.78 Å². The minimum Gasteiger partial charge on any atom is -0.344 e. The van der Waals surface area contributed by atoms with Crippen molar-refractivity contribution in [3.8, 4) is 0 Å². The first-order valence-electron chi connectivity index (χ1n) is 7.99. The van der Waals surface area contributed by atoms with Gasteiger partial charge in [0.05, 0.1) is 11.4 Å². The van der Waals surface area contributed by atoms with Crippen molar-refractivity contribution in [1.29, 1.82) is 0 Å². The smallest absolute Gasteiger partial charge is 0.309 e. The van der Waals surface area contributed by atoms with Gasteiger partial charge in [-0.15, -0.1) is 11.3 Å². The van der Waals surface area contributed by atoms with Gasteiger partial charge in [-0.3, -0.25) is 14.4 Å². The van der Waals surface area contributed by atoms with E-state index in [9.17, 15) is 14.4 Å². The van der Waals surface area contributed by atoms with E-state index in [1.54, 1.807) is 47.8 Å².